The Morgan fingerprint density at radius 2 is 1.00 bits per heavy atom. The quantitative estimate of drug-likeness (QED) is 0.224. The van der Waals surface area contributed by atoms with Gasteiger partial charge in [0, 0.05) is 5.69 Å². The van der Waals surface area contributed by atoms with Crippen LogP contribution in [0, 0.1) is 0 Å². The molecule has 0 saturated carbocycles. The van der Waals surface area contributed by atoms with Gasteiger partial charge in [0.25, 0.3) is 5.56 Å². The molecule has 42 heavy (non-hydrogen) atoms. The number of hydrogen-bond donors (Lipinski definition) is 0. The highest BCUT2D eigenvalue weighted by Gasteiger charge is 2.17. The van der Waals surface area contributed by atoms with E-state index in [-0.39, 0.29) is 5.56 Å². The third kappa shape index (κ3) is 3.93. The molecule has 0 spiro atoms. The second-order valence-corrected chi connectivity index (χ2v) is 10.5. The van der Waals surface area contributed by atoms with Gasteiger partial charge in [-0.15, -0.1) is 0 Å². The Hall–Kier alpha value is -5.74. The third-order valence-corrected chi connectivity index (χ3v) is 7.91. The lowest BCUT2D eigenvalue weighted by atomic mass is 9.93. The van der Waals surface area contributed by atoms with Crippen molar-refractivity contribution in [1.29, 1.82) is 0 Å². The summed E-state index contributed by atoms with van der Waals surface area (Å²) in [6.07, 6.45) is 0. The minimum Gasteiger partial charge on any atom is -0.278 e. The molecule has 198 valence electrons. The molecule has 0 amide bonds. The van der Waals surface area contributed by atoms with Gasteiger partial charge in [-0.25, -0.2) is 9.38 Å². The molecule has 2 aromatic heterocycles. The van der Waals surface area contributed by atoms with Crippen molar-refractivity contribution < 1.29 is 0 Å². The zero-order valence-electron chi connectivity index (χ0n) is 22.7. The number of benzene rings is 6. The molecule has 8 aromatic rings. The summed E-state index contributed by atoms with van der Waals surface area (Å²) in [6.45, 7) is 0. The number of hydrogen-bond acceptors (Lipinski definition) is 2. The van der Waals surface area contributed by atoms with Crippen molar-refractivity contribution in [3.63, 3.8) is 0 Å². The predicted molar refractivity (Wildman–Crippen MR) is 172 cm³/mol. The Morgan fingerprint density at radius 3 is 1.69 bits per heavy atom. The van der Waals surface area contributed by atoms with Crippen LogP contribution in [0.2, 0.25) is 0 Å². The van der Waals surface area contributed by atoms with Crippen molar-refractivity contribution in [2.75, 3.05) is 0 Å². The zero-order valence-corrected chi connectivity index (χ0v) is 22.7. The summed E-state index contributed by atoms with van der Waals surface area (Å²) in [6, 6.07) is 51.8. The summed E-state index contributed by atoms with van der Waals surface area (Å²) in [5.74, 6) is 0.597. The summed E-state index contributed by atoms with van der Waals surface area (Å²) in [5.41, 5.74) is 10.2. The molecule has 0 unspecified atom stereocenters. The van der Waals surface area contributed by atoms with Crippen LogP contribution < -0.4 is 5.56 Å². The van der Waals surface area contributed by atoms with E-state index in [0.717, 1.165) is 39.0 Å². The molecule has 0 radical (unpaired) electrons. The number of nitrogens with zero attached hydrogens (tertiary/aromatic N) is 3. The van der Waals surface area contributed by atoms with Crippen LogP contribution in [-0.2, 0) is 0 Å². The van der Waals surface area contributed by atoms with Crippen LogP contribution in [-0.4, -0.2) is 14.0 Å². The normalized spacial score (nSPS) is 11.4. The molecule has 0 atom stereocenters. The lowest BCUT2D eigenvalue weighted by molar-refractivity contribution is 1.05. The molecule has 2 heterocycles. The standard InChI is InChI=1S/C38H25N3O/c42-37-33-18-7-8-19-34(33)39-38-40(35-20-9-10-21-36(35)41(37)38)32-17-11-16-28(25-32)31-23-29(26-12-3-1-4-13-26)22-30(24-31)27-14-5-2-6-15-27/h1-25H. The largest absolute Gasteiger partial charge is 0.278 e. The Labute approximate surface area is 242 Å². The fraction of sp³-hybridized carbons (Fsp3) is 0. The van der Waals surface area contributed by atoms with E-state index in [1.807, 2.05) is 60.7 Å². The SMILES string of the molecule is O=c1c2ccccc2nc2n(-c3cccc(-c4cc(-c5ccccc5)cc(-c5ccccc5)c4)c3)c3ccccc3n12. The molecular weight excluding hydrogens is 514 g/mol. The molecule has 0 fully saturated rings. The van der Waals surface area contributed by atoms with Crippen LogP contribution in [0.3, 0.4) is 0 Å². The highest BCUT2D eigenvalue weighted by molar-refractivity contribution is 5.88. The number of fused-ring (bicyclic) bond motifs is 4. The lowest BCUT2D eigenvalue weighted by Gasteiger charge is -2.13. The van der Waals surface area contributed by atoms with E-state index >= 15 is 0 Å². The highest BCUT2D eigenvalue weighted by atomic mass is 16.1. The Morgan fingerprint density at radius 1 is 0.452 bits per heavy atom. The summed E-state index contributed by atoms with van der Waals surface area (Å²) in [7, 11) is 0. The average molecular weight is 540 g/mol. The van der Waals surface area contributed by atoms with Crippen LogP contribution in [0.1, 0.15) is 0 Å². The summed E-state index contributed by atoms with van der Waals surface area (Å²) >= 11 is 0. The van der Waals surface area contributed by atoms with E-state index in [0.29, 0.717) is 16.7 Å². The number of aromatic nitrogens is 3. The van der Waals surface area contributed by atoms with E-state index in [4.69, 9.17) is 4.98 Å². The Bertz CT molecular complexity index is 2260. The van der Waals surface area contributed by atoms with Crippen LogP contribution >= 0.6 is 0 Å². The van der Waals surface area contributed by atoms with Crippen molar-refractivity contribution >= 4 is 27.7 Å². The fourth-order valence-corrected chi connectivity index (χ4v) is 5.91. The Balaban J connectivity index is 1.37. The molecule has 4 heteroatoms. The van der Waals surface area contributed by atoms with Crippen LogP contribution in [0.4, 0.5) is 0 Å². The molecule has 8 rings (SSSR count). The van der Waals surface area contributed by atoms with Crippen molar-refractivity contribution in [3.8, 4) is 39.1 Å². The van der Waals surface area contributed by atoms with Crippen LogP contribution in [0.5, 0.6) is 0 Å². The molecule has 4 nitrogen and oxygen atoms in total. The summed E-state index contributed by atoms with van der Waals surface area (Å²) < 4.78 is 3.82. The molecule has 0 aliphatic heterocycles. The zero-order chi connectivity index (χ0) is 28.0. The maximum Gasteiger partial charge on any atom is 0.267 e. The average Bonchev–Trinajstić information content (AvgIpc) is 3.40. The van der Waals surface area contributed by atoms with Crippen molar-refractivity contribution in [2.45, 2.75) is 0 Å². The molecule has 0 aliphatic carbocycles. The van der Waals surface area contributed by atoms with Crippen molar-refractivity contribution in [1.82, 2.24) is 14.0 Å². The van der Waals surface area contributed by atoms with Gasteiger partial charge in [-0.1, -0.05) is 97.1 Å². The topological polar surface area (TPSA) is 39.3 Å². The third-order valence-electron chi connectivity index (χ3n) is 7.91. The van der Waals surface area contributed by atoms with E-state index in [1.165, 1.54) is 11.1 Å². The highest BCUT2D eigenvalue weighted by Crippen LogP contribution is 2.34. The van der Waals surface area contributed by atoms with Crippen molar-refractivity contribution in [3.05, 3.63) is 162 Å². The monoisotopic (exact) mass is 539 g/mol. The molecule has 0 bridgehead atoms. The molecule has 0 aliphatic rings. The maximum atomic E-state index is 13.7. The van der Waals surface area contributed by atoms with E-state index in [1.54, 1.807) is 4.40 Å². The van der Waals surface area contributed by atoms with Gasteiger partial charge in [0.15, 0.2) is 0 Å². The van der Waals surface area contributed by atoms with E-state index in [9.17, 15) is 4.79 Å². The van der Waals surface area contributed by atoms with Crippen molar-refractivity contribution in [2.24, 2.45) is 0 Å². The van der Waals surface area contributed by atoms with E-state index in [2.05, 4.69) is 95.6 Å². The predicted octanol–water partition coefficient (Wildman–Crippen LogP) is 8.79. The number of rotatable bonds is 4. The number of para-hydroxylation sites is 3. The molecule has 0 N–H and O–H groups in total. The lowest BCUT2D eigenvalue weighted by Crippen LogP contribution is -2.15. The van der Waals surface area contributed by atoms with Gasteiger partial charge in [-0.05, 0) is 88.0 Å². The summed E-state index contributed by atoms with van der Waals surface area (Å²) in [5, 5.41) is 0.609. The minimum atomic E-state index is -0.0650. The second kappa shape index (κ2) is 9.72. The van der Waals surface area contributed by atoms with Gasteiger partial charge >= 0.3 is 0 Å². The van der Waals surface area contributed by atoms with Gasteiger partial charge < -0.3 is 0 Å². The van der Waals surface area contributed by atoms with Gasteiger partial charge in [0.05, 0.1) is 21.9 Å². The molecule has 0 saturated heterocycles. The van der Waals surface area contributed by atoms with E-state index < -0.39 is 0 Å². The van der Waals surface area contributed by atoms with Crippen LogP contribution in [0.25, 0.3) is 66.8 Å². The van der Waals surface area contributed by atoms with Gasteiger partial charge in [0.1, 0.15) is 0 Å². The molecule has 6 aromatic carbocycles. The van der Waals surface area contributed by atoms with Gasteiger partial charge in [-0.3, -0.25) is 9.36 Å². The first-order chi connectivity index (χ1) is 20.7. The molecular formula is C38H25N3O. The van der Waals surface area contributed by atoms with Crippen LogP contribution in [0.15, 0.2) is 156 Å². The number of imidazole rings is 1. The second-order valence-electron chi connectivity index (χ2n) is 10.5. The smallest absolute Gasteiger partial charge is 0.267 e. The maximum absolute atomic E-state index is 13.7. The first-order valence-electron chi connectivity index (χ1n) is 14.0. The summed E-state index contributed by atoms with van der Waals surface area (Å²) in [4.78, 5) is 18.7. The first kappa shape index (κ1) is 24.1. The van der Waals surface area contributed by atoms with Gasteiger partial charge in [0.2, 0.25) is 5.78 Å². The minimum absolute atomic E-state index is 0.0650. The fourth-order valence-electron chi connectivity index (χ4n) is 5.91. The Kier molecular flexibility index (Phi) is 5.57. The van der Waals surface area contributed by atoms with Gasteiger partial charge in [-0.2, -0.15) is 0 Å². The first-order valence-corrected chi connectivity index (χ1v) is 14.0.